The first kappa shape index (κ1) is 12.8. The Morgan fingerprint density at radius 2 is 1.00 bits per heavy atom. The van der Waals surface area contributed by atoms with Crippen molar-refractivity contribution in [3.63, 3.8) is 0 Å². The summed E-state index contributed by atoms with van der Waals surface area (Å²) in [4.78, 5) is 25.1. The van der Waals surface area contributed by atoms with E-state index < -0.39 is 0 Å². The van der Waals surface area contributed by atoms with Gasteiger partial charge in [0.25, 0.3) is 0 Å². The Morgan fingerprint density at radius 3 is 1.35 bits per heavy atom. The van der Waals surface area contributed by atoms with Crippen LogP contribution in [0.5, 0.6) is 0 Å². The van der Waals surface area contributed by atoms with Gasteiger partial charge in [0.15, 0.2) is 11.6 Å². The highest BCUT2D eigenvalue weighted by molar-refractivity contribution is 6.22. The van der Waals surface area contributed by atoms with Crippen LogP contribution in [0.1, 0.15) is 48.4 Å². The van der Waals surface area contributed by atoms with Gasteiger partial charge in [0.1, 0.15) is 0 Å². The summed E-state index contributed by atoms with van der Waals surface area (Å²) in [6, 6.07) is 3.91. The van der Waals surface area contributed by atoms with Gasteiger partial charge >= 0.3 is 0 Å². The molecule has 2 heteroatoms. The third kappa shape index (κ3) is 1.58. The summed E-state index contributed by atoms with van der Waals surface area (Å²) >= 11 is 0. The van der Waals surface area contributed by atoms with Gasteiger partial charge in [0, 0.05) is 11.1 Å². The minimum Gasteiger partial charge on any atom is -0.289 e. The van der Waals surface area contributed by atoms with E-state index in [9.17, 15) is 9.59 Å². The minimum absolute atomic E-state index is 0.0294. The Morgan fingerprint density at radius 1 is 0.650 bits per heavy atom. The van der Waals surface area contributed by atoms with Crippen LogP contribution in [0.4, 0.5) is 0 Å². The van der Waals surface area contributed by atoms with Crippen molar-refractivity contribution >= 4 is 22.7 Å². The summed E-state index contributed by atoms with van der Waals surface area (Å²) in [5.41, 5.74) is 4.63. The molecule has 1 aromatic rings. The predicted molar refractivity (Wildman–Crippen MR) is 80.0 cm³/mol. The molecule has 0 unspecified atom stereocenters. The summed E-state index contributed by atoms with van der Waals surface area (Å²) < 4.78 is 0. The van der Waals surface area contributed by atoms with Crippen molar-refractivity contribution in [1.29, 1.82) is 0 Å². The number of hydrogen-bond donors (Lipinski definition) is 0. The highest BCUT2D eigenvalue weighted by atomic mass is 16.1. The second-order valence-corrected chi connectivity index (χ2v) is 5.59. The number of hydrogen-bond acceptors (Lipinski definition) is 2. The largest absolute Gasteiger partial charge is 0.289 e. The normalized spacial score (nSPS) is 17.6. The van der Waals surface area contributed by atoms with Gasteiger partial charge in [-0.2, -0.15) is 0 Å². The summed E-state index contributed by atoms with van der Waals surface area (Å²) in [6.07, 6.45) is 3.78. The SMILES string of the molecule is CC1=CC(C)=c2ccc3c(c2C1=O)C(=O)C(C)=CC=3C. The van der Waals surface area contributed by atoms with Crippen LogP contribution in [-0.4, -0.2) is 11.6 Å². The summed E-state index contributed by atoms with van der Waals surface area (Å²) in [5.74, 6) is -0.0587. The van der Waals surface area contributed by atoms with Gasteiger partial charge in [0.05, 0.1) is 0 Å². The predicted octanol–water partition coefficient (Wildman–Crippen LogP) is 2.31. The van der Waals surface area contributed by atoms with E-state index in [1.165, 1.54) is 0 Å². The Labute approximate surface area is 117 Å². The van der Waals surface area contributed by atoms with Crippen LogP contribution in [0.2, 0.25) is 0 Å². The molecule has 0 bridgehead atoms. The van der Waals surface area contributed by atoms with Crippen molar-refractivity contribution < 1.29 is 9.59 Å². The number of ketones is 2. The van der Waals surface area contributed by atoms with Crippen LogP contribution >= 0.6 is 0 Å². The highest BCUT2D eigenvalue weighted by Gasteiger charge is 2.26. The van der Waals surface area contributed by atoms with Crippen LogP contribution in [0.15, 0.2) is 35.4 Å². The number of carbonyl (C=O) groups excluding carboxylic acids is 2. The fourth-order valence-corrected chi connectivity index (χ4v) is 3.06. The lowest BCUT2D eigenvalue weighted by Gasteiger charge is -2.18. The standard InChI is InChI=1S/C18H16O2/c1-9-7-11(3)17(19)15-13(9)5-6-14-10(2)8-12(4)18(20)16(14)15/h5-8H,1-4H3. The molecule has 0 heterocycles. The number of allylic oxidation sites excluding steroid dienone is 4. The maximum absolute atomic E-state index is 12.5. The lowest BCUT2D eigenvalue weighted by atomic mass is 9.83. The van der Waals surface area contributed by atoms with Crippen LogP contribution < -0.4 is 10.4 Å². The molecular formula is C18H16O2. The molecule has 2 nitrogen and oxygen atoms in total. The molecule has 2 aliphatic rings. The number of fused-ring (bicyclic) bond motifs is 3. The molecular weight excluding hydrogens is 248 g/mol. The van der Waals surface area contributed by atoms with Crippen LogP contribution in [0.25, 0.3) is 11.1 Å². The summed E-state index contributed by atoms with van der Waals surface area (Å²) in [5, 5.41) is 1.77. The molecule has 2 aliphatic carbocycles. The lowest BCUT2D eigenvalue weighted by Crippen LogP contribution is -2.34. The van der Waals surface area contributed by atoms with Crippen molar-refractivity contribution in [2.45, 2.75) is 27.7 Å². The van der Waals surface area contributed by atoms with Gasteiger partial charge in [-0.15, -0.1) is 0 Å². The number of benzene rings is 1. The third-order valence-corrected chi connectivity index (χ3v) is 4.09. The monoisotopic (exact) mass is 264 g/mol. The minimum atomic E-state index is -0.0294. The Balaban J connectivity index is 2.55. The van der Waals surface area contributed by atoms with Gasteiger partial charge in [0.2, 0.25) is 0 Å². The quantitative estimate of drug-likeness (QED) is 0.720. The third-order valence-electron chi connectivity index (χ3n) is 4.09. The molecule has 0 saturated heterocycles. The van der Waals surface area contributed by atoms with Crippen molar-refractivity contribution in [3.8, 4) is 0 Å². The van der Waals surface area contributed by atoms with Gasteiger partial charge in [-0.3, -0.25) is 9.59 Å². The van der Waals surface area contributed by atoms with Crippen molar-refractivity contribution in [2.24, 2.45) is 0 Å². The average Bonchev–Trinajstić information content (AvgIpc) is 2.41. The molecule has 0 radical (unpaired) electrons. The van der Waals surface area contributed by atoms with Crippen molar-refractivity contribution in [3.05, 3.63) is 57.0 Å². The first-order valence-corrected chi connectivity index (χ1v) is 6.72. The highest BCUT2D eigenvalue weighted by Crippen LogP contribution is 2.21. The Hall–Kier alpha value is -2.22. The molecule has 0 aromatic heterocycles. The number of Topliss-reactive ketones (excluding diaryl/α,β-unsaturated/α-hetero) is 2. The molecule has 0 saturated carbocycles. The molecule has 0 atom stereocenters. The fourth-order valence-electron chi connectivity index (χ4n) is 3.06. The van der Waals surface area contributed by atoms with Crippen LogP contribution in [0.3, 0.4) is 0 Å². The van der Waals surface area contributed by atoms with E-state index in [2.05, 4.69) is 0 Å². The van der Waals surface area contributed by atoms with Gasteiger partial charge in [-0.1, -0.05) is 24.3 Å². The zero-order valence-electron chi connectivity index (χ0n) is 12.1. The van der Waals surface area contributed by atoms with Gasteiger partial charge in [-0.05, 0) is 60.4 Å². The summed E-state index contributed by atoms with van der Waals surface area (Å²) in [7, 11) is 0. The molecule has 0 N–H and O–H groups in total. The lowest BCUT2D eigenvalue weighted by molar-refractivity contribution is 0.0996. The molecule has 20 heavy (non-hydrogen) atoms. The van der Waals surface area contributed by atoms with E-state index in [1.54, 1.807) is 13.8 Å². The molecule has 1 aromatic carbocycles. The smallest absolute Gasteiger partial charge is 0.190 e. The van der Waals surface area contributed by atoms with E-state index in [1.807, 2.05) is 38.1 Å². The van der Waals surface area contributed by atoms with Gasteiger partial charge in [-0.25, -0.2) is 0 Å². The molecule has 3 rings (SSSR count). The maximum Gasteiger partial charge on any atom is 0.190 e. The zero-order chi connectivity index (χ0) is 14.6. The first-order valence-electron chi connectivity index (χ1n) is 6.72. The average molecular weight is 264 g/mol. The van der Waals surface area contributed by atoms with E-state index in [-0.39, 0.29) is 11.6 Å². The van der Waals surface area contributed by atoms with Crippen LogP contribution in [-0.2, 0) is 0 Å². The molecule has 0 spiro atoms. The van der Waals surface area contributed by atoms with E-state index in [4.69, 9.17) is 0 Å². The van der Waals surface area contributed by atoms with Gasteiger partial charge < -0.3 is 0 Å². The molecule has 100 valence electrons. The molecule has 0 aliphatic heterocycles. The number of rotatable bonds is 0. The van der Waals surface area contributed by atoms with E-state index >= 15 is 0 Å². The second-order valence-electron chi connectivity index (χ2n) is 5.59. The van der Waals surface area contributed by atoms with Crippen molar-refractivity contribution in [2.75, 3.05) is 0 Å². The van der Waals surface area contributed by atoms with Crippen LogP contribution in [0, 0.1) is 0 Å². The number of carbonyl (C=O) groups is 2. The van der Waals surface area contributed by atoms with E-state index in [0.717, 1.165) is 21.6 Å². The first-order chi connectivity index (χ1) is 9.41. The topological polar surface area (TPSA) is 34.1 Å². The zero-order valence-corrected chi connectivity index (χ0v) is 12.1. The van der Waals surface area contributed by atoms with E-state index in [0.29, 0.717) is 22.3 Å². The molecule has 0 amide bonds. The Bertz CT molecular complexity index is 788. The second kappa shape index (κ2) is 4.14. The van der Waals surface area contributed by atoms with Crippen molar-refractivity contribution in [1.82, 2.24) is 0 Å². The fraction of sp³-hybridized carbons (Fsp3) is 0.222. The maximum atomic E-state index is 12.5. The molecule has 0 fully saturated rings. The Kier molecular flexibility index (Phi) is 2.65. The summed E-state index contributed by atoms with van der Waals surface area (Å²) in [6.45, 7) is 7.57.